The maximum absolute atomic E-state index is 5.34. The van der Waals surface area contributed by atoms with Crippen molar-refractivity contribution in [2.75, 3.05) is 13.7 Å². The van der Waals surface area contributed by atoms with Crippen LogP contribution in [-0.2, 0) is 9.47 Å². The van der Waals surface area contributed by atoms with Gasteiger partial charge in [0.2, 0.25) is 0 Å². The lowest BCUT2D eigenvalue weighted by atomic mass is 10.1. The van der Waals surface area contributed by atoms with Crippen molar-refractivity contribution in [3.8, 4) is 0 Å². The molecule has 2 heteroatoms. The molecule has 0 N–H and O–H groups in total. The average Bonchev–Trinajstić information content (AvgIpc) is 2.92. The zero-order valence-electron chi connectivity index (χ0n) is 7.07. The van der Waals surface area contributed by atoms with Crippen molar-refractivity contribution in [3.05, 3.63) is 35.9 Å². The molecule has 1 aliphatic rings. The molecule has 2 nitrogen and oxygen atoms in total. The van der Waals surface area contributed by atoms with Crippen molar-refractivity contribution >= 4 is 0 Å². The maximum atomic E-state index is 5.34. The third-order valence-corrected chi connectivity index (χ3v) is 2.08. The van der Waals surface area contributed by atoms with Gasteiger partial charge in [0.05, 0.1) is 6.61 Å². The molecule has 1 aliphatic heterocycles. The Hall–Kier alpha value is -0.860. The van der Waals surface area contributed by atoms with E-state index in [2.05, 4.69) is 12.1 Å². The first-order valence-electron chi connectivity index (χ1n) is 4.11. The van der Waals surface area contributed by atoms with Crippen LogP contribution in [-0.4, -0.2) is 19.8 Å². The van der Waals surface area contributed by atoms with E-state index in [0.717, 1.165) is 6.61 Å². The number of hydrogen-bond donors (Lipinski definition) is 0. The van der Waals surface area contributed by atoms with Crippen LogP contribution in [0.3, 0.4) is 0 Å². The molecule has 0 aromatic heterocycles. The summed E-state index contributed by atoms with van der Waals surface area (Å²) in [6, 6.07) is 10.2. The first kappa shape index (κ1) is 7.77. The van der Waals surface area contributed by atoms with Gasteiger partial charge in [0, 0.05) is 7.11 Å². The van der Waals surface area contributed by atoms with Gasteiger partial charge >= 0.3 is 0 Å². The molecule has 1 aromatic carbocycles. The standard InChI is InChI=1S/C10H12O2/c1-11-10(9-7-12-9)8-5-3-2-4-6-8/h2-6,9-10H,7H2,1H3/t9-,10+/m1/s1. The van der Waals surface area contributed by atoms with E-state index in [-0.39, 0.29) is 12.2 Å². The van der Waals surface area contributed by atoms with E-state index in [1.807, 2.05) is 18.2 Å². The van der Waals surface area contributed by atoms with E-state index in [0.29, 0.717) is 0 Å². The van der Waals surface area contributed by atoms with Crippen LogP contribution in [0.1, 0.15) is 11.7 Å². The summed E-state index contributed by atoms with van der Waals surface area (Å²) in [6.45, 7) is 0.827. The predicted molar refractivity (Wildman–Crippen MR) is 45.9 cm³/mol. The number of benzene rings is 1. The second kappa shape index (κ2) is 3.25. The second-order valence-electron chi connectivity index (χ2n) is 2.94. The molecule has 0 bridgehead atoms. The Morgan fingerprint density at radius 1 is 1.42 bits per heavy atom. The van der Waals surface area contributed by atoms with Crippen molar-refractivity contribution in [2.24, 2.45) is 0 Å². The van der Waals surface area contributed by atoms with Gasteiger partial charge in [-0.2, -0.15) is 0 Å². The van der Waals surface area contributed by atoms with Crippen LogP contribution in [0.5, 0.6) is 0 Å². The SMILES string of the molecule is CO[C@@H](c1ccccc1)[C@H]1CO1. The fourth-order valence-electron chi connectivity index (χ4n) is 1.38. The lowest BCUT2D eigenvalue weighted by Gasteiger charge is -2.11. The van der Waals surface area contributed by atoms with Gasteiger partial charge in [0.25, 0.3) is 0 Å². The Morgan fingerprint density at radius 3 is 2.58 bits per heavy atom. The van der Waals surface area contributed by atoms with E-state index in [1.54, 1.807) is 7.11 Å². The summed E-state index contributed by atoms with van der Waals surface area (Å²) >= 11 is 0. The molecule has 0 spiro atoms. The highest BCUT2D eigenvalue weighted by molar-refractivity contribution is 5.19. The molecular formula is C10H12O2. The molecule has 2 atom stereocenters. The topological polar surface area (TPSA) is 21.8 Å². The van der Waals surface area contributed by atoms with Gasteiger partial charge < -0.3 is 9.47 Å². The Bertz CT molecular complexity index is 241. The summed E-state index contributed by atoms with van der Waals surface area (Å²) < 4.78 is 10.5. The van der Waals surface area contributed by atoms with Crippen LogP contribution in [0, 0.1) is 0 Å². The zero-order chi connectivity index (χ0) is 8.39. The third-order valence-electron chi connectivity index (χ3n) is 2.08. The Balaban J connectivity index is 2.15. The van der Waals surface area contributed by atoms with Gasteiger partial charge in [0.15, 0.2) is 0 Å². The van der Waals surface area contributed by atoms with Crippen LogP contribution in [0.25, 0.3) is 0 Å². The molecule has 1 saturated heterocycles. The fraction of sp³-hybridized carbons (Fsp3) is 0.400. The number of rotatable bonds is 3. The maximum Gasteiger partial charge on any atom is 0.111 e. The van der Waals surface area contributed by atoms with Crippen LogP contribution in [0.4, 0.5) is 0 Å². The number of hydrogen-bond acceptors (Lipinski definition) is 2. The van der Waals surface area contributed by atoms with E-state index < -0.39 is 0 Å². The van der Waals surface area contributed by atoms with Gasteiger partial charge in [-0.1, -0.05) is 30.3 Å². The number of methoxy groups -OCH3 is 1. The molecule has 64 valence electrons. The molecule has 12 heavy (non-hydrogen) atoms. The minimum atomic E-state index is 0.117. The Kier molecular flexibility index (Phi) is 2.11. The van der Waals surface area contributed by atoms with Gasteiger partial charge in [-0.3, -0.25) is 0 Å². The average molecular weight is 164 g/mol. The number of epoxide rings is 1. The van der Waals surface area contributed by atoms with Gasteiger partial charge in [-0.05, 0) is 5.56 Å². The first-order valence-corrected chi connectivity index (χ1v) is 4.11. The van der Waals surface area contributed by atoms with Crippen molar-refractivity contribution in [2.45, 2.75) is 12.2 Å². The monoisotopic (exact) mass is 164 g/mol. The molecule has 2 rings (SSSR count). The summed E-state index contributed by atoms with van der Waals surface area (Å²) in [5.74, 6) is 0. The molecule has 0 saturated carbocycles. The lowest BCUT2D eigenvalue weighted by Crippen LogP contribution is -2.07. The van der Waals surface area contributed by atoms with Gasteiger partial charge in [-0.25, -0.2) is 0 Å². The Morgan fingerprint density at radius 2 is 2.08 bits per heavy atom. The number of ether oxygens (including phenoxy) is 2. The minimum Gasteiger partial charge on any atom is -0.374 e. The predicted octanol–water partition coefficient (Wildman–Crippen LogP) is 1.77. The summed E-state index contributed by atoms with van der Waals surface area (Å²) in [5.41, 5.74) is 1.20. The summed E-state index contributed by atoms with van der Waals surface area (Å²) in [6.07, 6.45) is 0.392. The van der Waals surface area contributed by atoms with E-state index in [9.17, 15) is 0 Å². The minimum absolute atomic E-state index is 0.117. The van der Waals surface area contributed by atoms with Crippen molar-refractivity contribution < 1.29 is 9.47 Å². The lowest BCUT2D eigenvalue weighted by molar-refractivity contribution is 0.0761. The van der Waals surface area contributed by atoms with Crippen LogP contribution >= 0.6 is 0 Å². The smallest absolute Gasteiger partial charge is 0.111 e. The molecule has 0 radical (unpaired) electrons. The second-order valence-corrected chi connectivity index (χ2v) is 2.94. The largest absolute Gasteiger partial charge is 0.374 e. The molecule has 0 unspecified atom stereocenters. The summed E-state index contributed by atoms with van der Waals surface area (Å²) in [7, 11) is 1.72. The fourth-order valence-corrected chi connectivity index (χ4v) is 1.38. The normalized spacial score (nSPS) is 23.6. The van der Waals surface area contributed by atoms with Crippen molar-refractivity contribution in [1.82, 2.24) is 0 Å². The third kappa shape index (κ3) is 1.49. The highest BCUT2D eigenvalue weighted by Gasteiger charge is 2.33. The quantitative estimate of drug-likeness (QED) is 0.635. The molecule has 0 amide bonds. The van der Waals surface area contributed by atoms with Crippen molar-refractivity contribution in [1.29, 1.82) is 0 Å². The first-order chi connectivity index (χ1) is 5.92. The Labute approximate surface area is 72.1 Å². The molecular weight excluding hydrogens is 152 g/mol. The van der Waals surface area contributed by atoms with Crippen LogP contribution in [0.2, 0.25) is 0 Å². The summed E-state index contributed by atoms with van der Waals surface area (Å²) in [4.78, 5) is 0. The van der Waals surface area contributed by atoms with E-state index >= 15 is 0 Å². The van der Waals surface area contributed by atoms with Crippen LogP contribution < -0.4 is 0 Å². The zero-order valence-corrected chi connectivity index (χ0v) is 7.07. The molecule has 1 heterocycles. The van der Waals surface area contributed by atoms with Gasteiger partial charge in [0.1, 0.15) is 12.2 Å². The van der Waals surface area contributed by atoms with E-state index in [1.165, 1.54) is 5.56 Å². The highest BCUT2D eigenvalue weighted by Crippen LogP contribution is 2.29. The van der Waals surface area contributed by atoms with Crippen molar-refractivity contribution in [3.63, 3.8) is 0 Å². The molecule has 1 aromatic rings. The van der Waals surface area contributed by atoms with Gasteiger partial charge in [-0.15, -0.1) is 0 Å². The summed E-state index contributed by atoms with van der Waals surface area (Å²) in [5, 5.41) is 0. The van der Waals surface area contributed by atoms with E-state index in [4.69, 9.17) is 9.47 Å². The highest BCUT2D eigenvalue weighted by atomic mass is 16.6. The molecule has 1 fully saturated rings. The molecule has 0 aliphatic carbocycles. The van der Waals surface area contributed by atoms with Crippen LogP contribution in [0.15, 0.2) is 30.3 Å².